The lowest BCUT2D eigenvalue weighted by molar-refractivity contribution is -0.141. The van der Waals surface area contributed by atoms with Crippen molar-refractivity contribution in [3.8, 4) is 5.75 Å². The maximum Gasteiger partial charge on any atom is 0.433 e. The highest BCUT2D eigenvalue weighted by atomic mass is 19.4. The molecule has 0 bridgehead atoms. The molecular formula is C17H18F4N4O2. The standard InChI is InChI=1S/C17H18F4N4O2/c1-25(2)14-7-13(17(19,20)21)23-16(24-14)22-4-3-10-5-12(18)6-11-8-26-9-27-15(10)11/h5-7H,3-4,8-9H2,1-2H3,(H,22,23,24). The molecule has 27 heavy (non-hydrogen) atoms. The van der Waals surface area contributed by atoms with Crippen LogP contribution in [0.3, 0.4) is 0 Å². The maximum atomic E-state index is 13.7. The predicted octanol–water partition coefficient (Wildman–Crippen LogP) is 3.22. The number of ether oxygens (including phenoxy) is 2. The van der Waals surface area contributed by atoms with Crippen molar-refractivity contribution in [3.63, 3.8) is 0 Å². The van der Waals surface area contributed by atoms with Crippen LogP contribution in [0.5, 0.6) is 5.75 Å². The molecule has 0 saturated heterocycles. The molecule has 0 atom stereocenters. The highest BCUT2D eigenvalue weighted by Crippen LogP contribution is 2.31. The summed E-state index contributed by atoms with van der Waals surface area (Å²) in [6, 6.07) is 3.55. The van der Waals surface area contributed by atoms with Crippen molar-refractivity contribution < 1.29 is 27.0 Å². The zero-order chi connectivity index (χ0) is 19.6. The topological polar surface area (TPSA) is 59.5 Å². The Kier molecular flexibility index (Phi) is 5.36. The molecule has 2 heterocycles. The molecule has 1 aromatic carbocycles. The summed E-state index contributed by atoms with van der Waals surface area (Å²) in [5, 5.41) is 2.77. The number of nitrogens with zero attached hydrogens (tertiary/aromatic N) is 3. The van der Waals surface area contributed by atoms with Crippen molar-refractivity contribution in [1.82, 2.24) is 9.97 Å². The lowest BCUT2D eigenvalue weighted by atomic mass is 10.1. The van der Waals surface area contributed by atoms with Crippen LogP contribution < -0.4 is 15.0 Å². The number of aromatic nitrogens is 2. The van der Waals surface area contributed by atoms with Gasteiger partial charge in [-0.05, 0) is 24.1 Å². The Balaban J connectivity index is 1.76. The van der Waals surface area contributed by atoms with E-state index < -0.39 is 17.7 Å². The molecule has 6 nitrogen and oxygen atoms in total. The first-order chi connectivity index (χ1) is 12.7. The van der Waals surface area contributed by atoms with Crippen LogP contribution in [-0.2, 0) is 23.9 Å². The second-order valence-corrected chi connectivity index (χ2v) is 6.17. The van der Waals surface area contributed by atoms with Gasteiger partial charge in [-0.1, -0.05) is 0 Å². The second-order valence-electron chi connectivity index (χ2n) is 6.17. The molecule has 1 aromatic heterocycles. The molecule has 146 valence electrons. The van der Waals surface area contributed by atoms with Gasteiger partial charge in [-0.3, -0.25) is 0 Å². The Bertz CT molecular complexity index is 827. The van der Waals surface area contributed by atoms with E-state index in [4.69, 9.17) is 9.47 Å². The van der Waals surface area contributed by atoms with Gasteiger partial charge in [-0.2, -0.15) is 18.2 Å². The van der Waals surface area contributed by atoms with E-state index in [0.29, 0.717) is 23.3 Å². The molecular weight excluding hydrogens is 368 g/mol. The largest absolute Gasteiger partial charge is 0.467 e. The molecule has 1 aliphatic heterocycles. The van der Waals surface area contributed by atoms with Gasteiger partial charge in [-0.15, -0.1) is 0 Å². The highest BCUT2D eigenvalue weighted by molar-refractivity contribution is 5.45. The first-order valence-corrected chi connectivity index (χ1v) is 8.13. The van der Waals surface area contributed by atoms with Crippen LogP contribution >= 0.6 is 0 Å². The first kappa shape index (κ1) is 19.2. The van der Waals surface area contributed by atoms with Gasteiger partial charge >= 0.3 is 6.18 Å². The van der Waals surface area contributed by atoms with E-state index in [9.17, 15) is 17.6 Å². The fourth-order valence-corrected chi connectivity index (χ4v) is 2.64. The molecule has 1 aliphatic rings. The van der Waals surface area contributed by atoms with Crippen LogP contribution in [0.25, 0.3) is 0 Å². The van der Waals surface area contributed by atoms with E-state index in [-0.39, 0.29) is 31.7 Å². The van der Waals surface area contributed by atoms with Crippen molar-refractivity contribution in [3.05, 3.63) is 40.8 Å². The number of anilines is 2. The molecule has 1 N–H and O–H groups in total. The maximum absolute atomic E-state index is 13.7. The number of nitrogens with one attached hydrogen (secondary N) is 1. The van der Waals surface area contributed by atoms with Gasteiger partial charge in [0.1, 0.15) is 17.4 Å². The number of benzene rings is 1. The third kappa shape index (κ3) is 4.57. The highest BCUT2D eigenvalue weighted by Gasteiger charge is 2.34. The summed E-state index contributed by atoms with van der Waals surface area (Å²) in [7, 11) is 3.18. The van der Waals surface area contributed by atoms with Crippen molar-refractivity contribution >= 4 is 11.8 Å². The van der Waals surface area contributed by atoms with Crippen LogP contribution in [0, 0.1) is 5.82 Å². The molecule has 10 heteroatoms. The Morgan fingerprint density at radius 1 is 1.19 bits per heavy atom. The normalized spacial score (nSPS) is 13.7. The first-order valence-electron chi connectivity index (χ1n) is 8.13. The average Bonchev–Trinajstić information content (AvgIpc) is 2.60. The van der Waals surface area contributed by atoms with E-state index in [1.807, 2.05) is 0 Å². The summed E-state index contributed by atoms with van der Waals surface area (Å²) in [5.41, 5.74) is 0.161. The molecule has 0 unspecified atom stereocenters. The summed E-state index contributed by atoms with van der Waals surface area (Å²) in [5.74, 6) is 0.0953. The van der Waals surface area contributed by atoms with Crippen LogP contribution in [0.1, 0.15) is 16.8 Å². The zero-order valence-electron chi connectivity index (χ0n) is 14.7. The minimum Gasteiger partial charge on any atom is -0.467 e. The van der Waals surface area contributed by atoms with Gasteiger partial charge in [0, 0.05) is 32.3 Å². The molecule has 0 radical (unpaired) electrons. The van der Waals surface area contributed by atoms with E-state index >= 15 is 0 Å². The minimum atomic E-state index is -4.58. The number of alkyl halides is 3. The molecule has 0 saturated carbocycles. The van der Waals surface area contributed by atoms with Gasteiger partial charge in [-0.25, -0.2) is 9.37 Å². The zero-order valence-corrected chi connectivity index (χ0v) is 14.7. The molecule has 2 aromatic rings. The predicted molar refractivity (Wildman–Crippen MR) is 90.2 cm³/mol. The summed E-state index contributed by atoms with van der Waals surface area (Å²) >= 11 is 0. The second kappa shape index (κ2) is 7.55. The van der Waals surface area contributed by atoms with Crippen LogP contribution in [-0.4, -0.2) is 37.4 Å². The lowest BCUT2D eigenvalue weighted by Gasteiger charge is -2.21. The SMILES string of the molecule is CN(C)c1cc(C(F)(F)F)nc(NCCc2cc(F)cc3c2OCOC3)n1. The monoisotopic (exact) mass is 386 g/mol. The van der Waals surface area contributed by atoms with Gasteiger partial charge < -0.3 is 19.7 Å². The van der Waals surface area contributed by atoms with Crippen molar-refractivity contribution in [2.45, 2.75) is 19.2 Å². The van der Waals surface area contributed by atoms with E-state index in [1.165, 1.54) is 17.0 Å². The Morgan fingerprint density at radius 3 is 2.67 bits per heavy atom. The molecule has 3 rings (SSSR count). The van der Waals surface area contributed by atoms with Crippen molar-refractivity contribution in [2.75, 3.05) is 37.6 Å². The molecule has 0 amide bonds. The quantitative estimate of drug-likeness (QED) is 0.797. The fraction of sp³-hybridized carbons (Fsp3) is 0.412. The number of hydrogen-bond donors (Lipinski definition) is 1. The smallest absolute Gasteiger partial charge is 0.433 e. The van der Waals surface area contributed by atoms with Crippen LogP contribution in [0.4, 0.5) is 29.3 Å². The Morgan fingerprint density at radius 2 is 1.96 bits per heavy atom. The van der Waals surface area contributed by atoms with Crippen LogP contribution in [0.15, 0.2) is 18.2 Å². The summed E-state index contributed by atoms with van der Waals surface area (Å²) in [4.78, 5) is 9.04. The van der Waals surface area contributed by atoms with Gasteiger partial charge in [0.25, 0.3) is 0 Å². The number of rotatable bonds is 5. The Hall–Kier alpha value is -2.62. The number of hydrogen-bond acceptors (Lipinski definition) is 6. The lowest BCUT2D eigenvalue weighted by Crippen LogP contribution is -2.19. The third-order valence-corrected chi connectivity index (χ3v) is 3.89. The summed E-state index contributed by atoms with van der Waals surface area (Å²) in [6.07, 6.45) is -4.27. The van der Waals surface area contributed by atoms with Gasteiger partial charge in [0.05, 0.1) is 6.61 Å². The number of fused-ring (bicyclic) bond motifs is 1. The minimum absolute atomic E-state index is 0.0714. The summed E-state index contributed by atoms with van der Waals surface area (Å²) in [6.45, 7) is 0.521. The van der Waals surface area contributed by atoms with Crippen molar-refractivity contribution in [1.29, 1.82) is 0 Å². The molecule has 0 fully saturated rings. The van der Waals surface area contributed by atoms with E-state index in [0.717, 1.165) is 6.07 Å². The third-order valence-electron chi connectivity index (χ3n) is 3.89. The van der Waals surface area contributed by atoms with Gasteiger partial charge in [0.15, 0.2) is 12.5 Å². The van der Waals surface area contributed by atoms with E-state index in [2.05, 4.69) is 15.3 Å². The molecule has 0 spiro atoms. The average molecular weight is 386 g/mol. The molecule has 0 aliphatic carbocycles. The summed E-state index contributed by atoms with van der Waals surface area (Å²) < 4.78 is 63.4. The number of halogens is 4. The van der Waals surface area contributed by atoms with Crippen molar-refractivity contribution in [2.24, 2.45) is 0 Å². The van der Waals surface area contributed by atoms with Crippen LogP contribution in [0.2, 0.25) is 0 Å². The van der Waals surface area contributed by atoms with Gasteiger partial charge in [0.2, 0.25) is 5.95 Å². The fourth-order valence-electron chi connectivity index (χ4n) is 2.64. The van der Waals surface area contributed by atoms with E-state index in [1.54, 1.807) is 14.1 Å². The Labute approximate surface area is 153 Å².